The molecule has 0 radical (unpaired) electrons. The molecular formula is C39H24N2. The Morgan fingerprint density at radius 2 is 1.10 bits per heavy atom. The summed E-state index contributed by atoms with van der Waals surface area (Å²) in [6.07, 6.45) is 3.77. The number of para-hydroxylation sites is 2. The highest BCUT2D eigenvalue weighted by Gasteiger charge is 2.18. The second kappa shape index (κ2) is 8.51. The summed E-state index contributed by atoms with van der Waals surface area (Å²) in [7, 11) is 0. The lowest BCUT2D eigenvalue weighted by atomic mass is 9.85. The monoisotopic (exact) mass is 520 g/mol. The molecule has 2 aromatic heterocycles. The minimum absolute atomic E-state index is 1.18. The van der Waals surface area contributed by atoms with Crippen molar-refractivity contribution in [3.8, 4) is 27.9 Å². The number of hydrogen-bond acceptors (Lipinski definition) is 1. The molecule has 0 bridgehead atoms. The number of aromatic nitrogens is 2. The van der Waals surface area contributed by atoms with Gasteiger partial charge in [0, 0.05) is 28.9 Å². The van der Waals surface area contributed by atoms with E-state index in [9.17, 15) is 0 Å². The maximum absolute atomic E-state index is 4.30. The number of pyridine rings is 1. The number of benzene rings is 7. The van der Waals surface area contributed by atoms with E-state index in [0.29, 0.717) is 0 Å². The van der Waals surface area contributed by atoms with Crippen LogP contribution in [0.1, 0.15) is 0 Å². The van der Waals surface area contributed by atoms with E-state index in [2.05, 4.69) is 143 Å². The first-order valence-electron chi connectivity index (χ1n) is 14.1. The van der Waals surface area contributed by atoms with Crippen molar-refractivity contribution >= 4 is 54.1 Å². The largest absolute Gasteiger partial charge is 0.309 e. The van der Waals surface area contributed by atoms with Crippen LogP contribution in [0.3, 0.4) is 0 Å². The zero-order chi connectivity index (χ0) is 26.9. The number of nitrogens with zero attached hydrogens (tertiary/aromatic N) is 2. The molecule has 0 aliphatic heterocycles. The van der Waals surface area contributed by atoms with E-state index in [-0.39, 0.29) is 0 Å². The zero-order valence-corrected chi connectivity index (χ0v) is 22.3. The van der Waals surface area contributed by atoms with Crippen molar-refractivity contribution in [3.05, 3.63) is 146 Å². The van der Waals surface area contributed by atoms with E-state index >= 15 is 0 Å². The molecule has 0 saturated heterocycles. The molecule has 0 spiro atoms. The lowest BCUT2D eigenvalue weighted by molar-refractivity contribution is 1.18. The van der Waals surface area contributed by atoms with E-state index < -0.39 is 0 Å². The maximum atomic E-state index is 4.30. The molecule has 2 heteroatoms. The van der Waals surface area contributed by atoms with Crippen molar-refractivity contribution in [1.29, 1.82) is 0 Å². The van der Waals surface area contributed by atoms with Gasteiger partial charge in [-0.2, -0.15) is 0 Å². The van der Waals surface area contributed by atoms with Gasteiger partial charge in [-0.1, -0.05) is 84.9 Å². The van der Waals surface area contributed by atoms with Crippen LogP contribution in [0.4, 0.5) is 0 Å². The van der Waals surface area contributed by atoms with Crippen LogP contribution >= 0.6 is 0 Å². The average molecular weight is 521 g/mol. The summed E-state index contributed by atoms with van der Waals surface area (Å²) in [6.45, 7) is 0. The van der Waals surface area contributed by atoms with Crippen molar-refractivity contribution in [2.75, 3.05) is 0 Å². The van der Waals surface area contributed by atoms with Crippen LogP contribution < -0.4 is 0 Å². The van der Waals surface area contributed by atoms with Crippen molar-refractivity contribution < 1.29 is 0 Å². The molecule has 0 aliphatic carbocycles. The molecular weight excluding hydrogens is 496 g/mol. The quantitative estimate of drug-likeness (QED) is 0.212. The van der Waals surface area contributed by atoms with Gasteiger partial charge >= 0.3 is 0 Å². The predicted molar refractivity (Wildman–Crippen MR) is 173 cm³/mol. The van der Waals surface area contributed by atoms with Crippen LogP contribution in [-0.2, 0) is 0 Å². The first kappa shape index (κ1) is 22.4. The van der Waals surface area contributed by atoms with Crippen LogP contribution in [0.2, 0.25) is 0 Å². The van der Waals surface area contributed by atoms with Crippen molar-refractivity contribution in [1.82, 2.24) is 9.55 Å². The Morgan fingerprint density at radius 3 is 1.88 bits per heavy atom. The fourth-order valence-electron chi connectivity index (χ4n) is 6.84. The highest BCUT2D eigenvalue weighted by molar-refractivity contribution is 6.28. The molecule has 2 heterocycles. The van der Waals surface area contributed by atoms with Gasteiger partial charge < -0.3 is 4.57 Å². The van der Waals surface area contributed by atoms with Gasteiger partial charge in [-0.15, -0.1) is 0 Å². The summed E-state index contributed by atoms with van der Waals surface area (Å²) in [5.41, 5.74) is 8.50. The molecule has 2 nitrogen and oxygen atoms in total. The SMILES string of the molecule is c1ccc(-n2c3ccccc3c3cc(-c4cc(-c5ccncc5)c5ccc6cccc7ccc4c5c67)ccc32)cc1. The van der Waals surface area contributed by atoms with Gasteiger partial charge in [0.1, 0.15) is 0 Å². The standard InChI is InChI=1S/C39H24N2/c1-2-9-29(10-3-1)41-36-12-5-4-11-30(36)35-23-28(15-18-37(35)41)34-24-33(25-19-21-40-22-20-25)31-16-13-26-7-6-8-27-14-17-32(34)39(31)38(26)27/h1-24H. The van der Waals surface area contributed by atoms with Gasteiger partial charge in [-0.05, 0) is 103 Å². The molecule has 0 fully saturated rings. The lowest BCUT2D eigenvalue weighted by Crippen LogP contribution is -1.93. The van der Waals surface area contributed by atoms with Gasteiger partial charge in [0.05, 0.1) is 11.0 Å². The lowest BCUT2D eigenvalue weighted by Gasteiger charge is -2.18. The Labute approximate surface area is 237 Å². The van der Waals surface area contributed by atoms with Gasteiger partial charge in [-0.3, -0.25) is 4.98 Å². The minimum atomic E-state index is 1.18. The predicted octanol–water partition coefficient (Wildman–Crippen LogP) is 10.4. The molecule has 0 aliphatic rings. The molecule has 0 unspecified atom stereocenters. The smallest absolute Gasteiger partial charge is 0.0541 e. The Hall–Kier alpha value is -5.47. The van der Waals surface area contributed by atoms with Crippen LogP contribution in [0, 0.1) is 0 Å². The molecule has 190 valence electrons. The van der Waals surface area contributed by atoms with Crippen molar-refractivity contribution in [2.24, 2.45) is 0 Å². The normalized spacial score (nSPS) is 11.9. The second-order valence-electron chi connectivity index (χ2n) is 10.8. The number of hydrogen-bond donors (Lipinski definition) is 0. The van der Waals surface area contributed by atoms with Gasteiger partial charge in [0.25, 0.3) is 0 Å². The van der Waals surface area contributed by atoms with Crippen molar-refractivity contribution in [2.45, 2.75) is 0 Å². The van der Waals surface area contributed by atoms with Gasteiger partial charge in [-0.25, -0.2) is 0 Å². The summed E-state index contributed by atoms with van der Waals surface area (Å²) in [4.78, 5) is 4.30. The third-order valence-electron chi connectivity index (χ3n) is 8.64. The molecule has 9 aromatic rings. The van der Waals surface area contributed by atoms with E-state index in [1.165, 1.54) is 82.1 Å². The first-order valence-corrected chi connectivity index (χ1v) is 14.1. The summed E-state index contributed by atoms with van der Waals surface area (Å²) >= 11 is 0. The summed E-state index contributed by atoms with van der Waals surface area (Å²) < 4.78 is 2.38. The topological polar surface area (TPSA) is 17.8 Å². The third-order valence-corrected chi connectivity index (χ3v) is 8.64. The summed E-state index contributed by atoms with van der Waals surface area (Å²) in [5, 5.41) is 10.3. The summed E-state index contributed by atoms with van der Waals surface area (Å²) in [5.74, 6) is 0. The minimum Gasteiger partial charge on any atom is -0.309 e. The zero-order valence-electron chi connectivity index (χ0n) is 22.3. The molecule has 9 rings (SSSR count). The van der Waals surface area contributed by atoms with Gasteiger partial charge in [0.2, 0.25) is 0 Å². The fraction of sp³-hybridized carbons (Fsp3) is 0. The third kappa shape index (κ3) is 3.22. The second-order valence-corrected chi connectivity index (χ2v) is 10.8. The van der Waals surface area contributed by atoms with Gasteiger partial charge in [0.15, 0.2) is 0 Å². The number of rotatable bonds is 3. The Balaban J connectivity index is 1.40. The highest BCUT2D eigenvalue weighted by Crippen LogP contribution is 2.45. The first-order chi connectivity index (χ1) is 20.3. The van der Waals surface area contributed by atoms with E-state index in [4.69, 9.17) is 0 Å². The average Bonchev–Trinajstić information content (AvgIpc) is 3.38. The van der Waals surface area contributed by atoms with Crippen LogP contribution in [0.5, 0.6) is 0 Å². The summed E-state index contributed by atoms with van der Waals surface area (Å²) in [6, 6.07) is 48.7. The molecule has 0 atom stereocenters. The fourth-order valence-corrected chi connectivity index (χ4v) is 6.84. The molecule has 7 aromatic carbocycles. The van der Waals surface area contributed by atoms with E-state index in [0.717, 1.165) is 0 Å². The van der Waals surface area contributed by atoms with Crippen LogP contribution in [0.15, 0.2) is 146 Å². The van der Waals surface area contributed by atoms with Crippen LogP contribution in [0.25, 0.3) is 82.1 Å². The molecule has 0 N–H and O–H groups in total. The van der Waals surface area contributed by atoms with Crippen LogP contribution in [-0.4, -0.2) is 9.55 Å². The maximum Gasteiger partial charge on any atom is 0.0541 e. The van der Waals surface area contributed by atoms with E-state index in [1.807, 2.05) is 12.4 Å². The Morgan fingerprint density at radius 1 is 0.415 bits per heavy atom. The Kier molecular flexibility index (Phi) is 4.64. The number of fused-ring (bicyclic) bond motifs is 3. The van der Waals surface area contributed by atoms with E-state index in [1.54, 1.807) is 0 Å². The molecule has 41 heavy (non-hydrogen) atoms. The Bertz CT molecular complexity index is 2380. The molecule has 0 amide bonds. The highest BCUT2D eigenvalue weighted by atomic mass is 15.0. The van der Waals surface area contributed by atoms with Crippen molar-refractivity contribution in [3.63, 3.8) is 0 Å². The molecule has 0 saturated carbocycles.